The molecule has 0 aromatic heterocycles. The number of esters is 1. The second-order valence-electron chi connectivity index (χ2n) is 19.0. The maximum atomic E-state index is 13.1. The summed E-state index contributed by atoms with van der Waals surface area (Å²) in [5.74, 6) is 1.22. The fourth-order valence-corrected chi connectivity index (χ4v) is 20.1. The number of nitrogens with zero attached hydrogens (tertiary/aromatic N) is 1. The van der Waals surface area contributed by atoms with Crippen molar-refractivity contribution in [2.24, 2.45) is 17.3 Å². The quantitative estimate of drug-likeness (QED) is 0.167. The van der Waals surface area contributed by atoms with Crippen molar-refractivity contribution in [2.45, 2.75) is 181 Å². The summed E-state index contributed by atoms with van der Waals surface area (Å²) in [7, 11) is -5.91. The third-order valence-electron chi connectivity index (χ3n) is 10.9. The van der Waals surface area contributed by atoms with Crippen LogP contribution in [0.15, 0.2) is 0 Å². The van der Waals surface area contributed by atoms with Crippen molar-refractivity contribution in [1.29, 1.82) is 0 Å². The lowest BCUT2D eigenvalue weighted by atomic mass is 9.43. The second-order valence-corrected chi connectivity index (χ2v) is 33.8. The highest BCUT2D eigenvalue weighted by Crippen LogP contribution is 2.66. The van der Waals surface area contributed by atoms with Crippen molar-refractivity contribution in [1.82, 2.24) is 4.23 Å². The van der Waals surface area contributed by atoms with Gasteiger partial charge in [0.2, 0.25) is 0 Å². The molecule has 1 aliphatic heterocycles. The lowest BCUT2D eigenvalue weighted by Crippen LogP contribution is -2.67. The highest BCUT2D eigenvalue weighted by molar-refractivity contribution is 6.90. The van der Waals surface area contributed by atoms with Gasteiger partial charge < -0.3 is 22.7 Å². The Labute approximate surface area is 263 Å². The first-order chi connectivity index (χ1) is 18.6. The summed E-state index contributed by atoms with van der Waals surface area (Å²) < 4.78 is 29.8. The maximum Gasteiger partial charge on any atom is 0.474 e. The Morgan fingerprint density at radius 3 is 1.93 bits per heavy atom. The largest absolute Gasteiger partial charge is 0.474 e. The fourth-order valence-electron chi connectivity index (χ4n) is 8.17. The second kappa shape index (κ2) is 11.7. The molecule has 4 fully saturated rings. The van der Waals surface area contributed by atoms with Crippen LogP contribution in [0.25, 0.3) is 0 Å². The molecule has 0 aromatic rings. The van der Waals surface area contributed by atoms with E-state index in [1.165, 1.54) is 6.42 Å². The topological polar surface area (TPSA) is 57.2 Å². The standard InChI is InChI=1S/C32H66BNO5Si3/c1-29(2,3)36-28(35)22-24(38-42(16,17)30(4,5)6)18-19-27(34(40(10,11)12)41(13,14)15)33-37-26-21-23-20-25(31(23,7)8)32(26,9)39-33/h23-27H,18-22H2,1-17H3/t23-,24-,25-,26+,27-,32-/m0/s1. The monoisotopic (exact) mass is 639 g/mol. The van der Waals surface area contributed by atoms with E-state index in [-0.39, 0.29) is 48.3 Å². The number of hydrogen-bond donors (Lipinski definition) is 0. The van der Waals surface area contributed by atoms with Crippen molar-refractivity contribution in [3.8, 4) is 0 Å². The van der Waals surface area contributed by atoms with Crippen LogP contribution in [0.3, 0.4) is 0 Å². The molecule has 0 N–H and O–H groups in total. The Morgan fingerprint density at radius 1 is 0.929 bits per heavy atom. The van der Waals surface area contributed by atoms with Gasteiger partial charge >= 0.3 is 13.1 Å². The Hall–Kier alpha value is 0.0256. The van der Waals surface area contributed by atoms with Crippen LogP contribution in [-0.4, -0.2) is 71.5 Å². The van der Waals surface area contributed by atoms with Crippen molar-refractivity contribution < 1.29 is 23.3 Å². The molecule has 6 nitrogen and oxygen atoms in total. The van der Waals surface area contributed by atoms with E-state index in [9.17, 15) is 4.79 Å². The normalized spacial score (nSPS) is 29.7. The Bertz CT molecular complexity index is 967. The van der Waals surface area contributed by atoms with E-state index in [2.05, 4.69) is 98.1 Å². The minimum atomic E-state index is -2.12. The predicted octanol–water partition coefficient (Wildman–Crippen LogP) is 8.50. The highest BCUT2D eigenvalue weighted by Gasteiger charge is 2.69. The highest BCUT2D eigenvalue weighted by atomic mass is 28.4. The molecule has 0 aromatic carbocycles. The third kappa shape index (κ3) is 7.69. The molecule has 6 atom stereocenters. The van der Waals surface area contributed by atoms with Gasteiger partial charge in [0.25, 0.3) is 0 Å². The Morgan fingerprint density at radius 2 is 1.48 bits per heavy atom. The zero-order chi connectivity index (χ0) is 32.5. The first kappa shape index (κ1) is 36.5. The number of hydrogen-bond acceptors (Lipinski definition) is 6. The lowest BCUT2D eigenvalue weighted by molar-refractivity contribution is -0.199. The Kier molecular flexibility index (Phi) is 10.1. The van der Waals surface area contributed by atoms with Crippen LogP contribution in [0.4, 0.5) is 0 Å². The molecule has 42 heavy (non-hydrogen) atoms. The van der Waals surface area contributed by atoms with Gasteiger partial charge in [0.1, 0.15) is 22.1 Å². The van der Waals surface area contributed by atoms with Crippen LogP contribution >= 0.6 is 0 Å². The molecular formula is C32H66BNO5Si3. The number of carbonyl (C=O) groups excluding carboxylic acids is 1. The molecule has 0 radical (unpaired) electrons. The van der Waals surface area contributed by atoms with Gasteiger partial charge in [-0.1, -0.05) is 73.9 Å². The molecular weight excluding hydrogens is 573 g/mol. The van der Waals surface area contributed by atoms with Crippen LogP contribution in [0, 0.1) is 17.3 Å². The predicted molar refractivity (Wildman–Crippen MR) is 184 cm³/mol. The summed E-state index contributed by atoms with van der Waals surface area (Å²) in [6.07, 6.45) is 4.25. The molecule has 4 aliphatic rings. The summed E-state index contributed by atoms with van der Waals surface area (Å²) in [6, 6.07) is 0. The summed E-state index contributed by atoms with van der Waals surface area (Å²) in [6.45, 7) is 39.1. The molecule has 10 heteroatoms. The van der Waals surface area contributed by atoms with Gasteiger partial charge in [-0.3, -0.25) is 4.79 Å². The first-order valence-corrected chi connectivity index (χ1v) is 26.4. The third-order valence-corrected chi connectivity index (χ3v) is 23.0. The van der Waals surface area contributed by atoms with Crippen molar-refractivity contribution in [3.63, 3.8) is 0 Å². The van der Waals surface area contributed by atoms with Gasteiger partial charge in [-0.15, -0.1) is 0 Å². The summed E-state index contributed by atoms with van der Waals surface area (Å²) in [5, 5.41) is 0.0524. The SMILES string of the molecule is CC(C)(C)OC(=O)C[C@H](CC[C@@H](B1O[C@@H]2C[C@@H]3C[C@@H](C3(C)C)[C@]2(C)O1)N([Si](C)(C)C)[Si](C)(C)C)O[Si](C)(C)C(C)(C)C. The van der Waals surface area contributed by atoms with Crippen LogP contribution in [0.2, 0.25) is 57.4 Å². The van der Waals surface area contributed by atoms with Gasteiger partial charge in [-0.05, 0) is 88.8 Å². The first-order valence-electron chi connectivity index (χ1n) is 16.6. The van der Waals surface area contributed by atoms with E-state index in [1.54, 1.807) is 0 Å². The number of ether oxygens (including phenoxy) is 1. The van der Waals surface area contributed by atoms with E-state index in [0.717, 1.165) is 25.2 Å². The average Bonchev–Trinajstić information content (AvgIpc) is 3.08. The summed E-state index contributed by atoms with van der Waals surface area (Å²) >= 11 is 0. The van der Waals surface area contributed by atoms with E-state index in [4.69, 9.17) is 18.5 Å². The van der Waals surface area contributed by atoms with Crippen LogP contribution in [0.1, 0.15) is 94.4 Å². The van der Waals surface area contributed by atoms with E-state index in [0.29, 0.717) is 11.3 Å². The van der Waals surface area contributed by atoms with Crippen molar-refractivity contribution in [3.05, 3.63) is 0 Å². The summed E-state index contributed by atoms with van der Waals surface area (Å²) in [4.78, 5) is 13.1. The minimum absolute atomic E-state index is 0.0524. The molecule has 2 bridgehead atoms. The molecule has 0 amide bonds. The molecule has 0 unspecified atom stereocenters. The van der Waals surface area contributed by atoms with Gasteiger partial charge in [-0.25, -0.2) is 0 Å². The van der Waals surface area contributed by atoms with Gasteiger partial charge in [0, 0.05) is 5.94 Å². The van der Waals surface area contributed by atoms with Crippen LogP contribution in [0.5, 0.6) is 0 Å². The molecule has 4 rings (SSSR count). The number of carbonyl (C=O) groups is 1. The van der Waals surface area contributed by atoms with E-state index < -0.39 is 30.4 Å². The smallest absolute Gasteiger partial charge is 0.460 e. The van der Waals surface area contributed by atoms with Gasteiger partial charge in [-0.2, -0.15) is 0 Å². The Balaban J connectivity index is 1.94. The van der Waals surface area contributed by atoms with Gasteiger partial charge in [0.05, 0.1) is 24.2 Å². The molecule has 1 heterocycles. The average molecular weight is 640 g/mol. The molecule has 1 saturated heterocycles. The molecule has 244 valence electrons. The zero-order valence-corrected chi connectivity index (χ0v) is 33.5. The van der Waals surface area contributed by atoms with Crippen molar-refractivity contribution >= 4 is 37.9 Å². The van der Waals surface area contributed by atoms with Gasteiger partial charge in [0.15, 0.2) is 8.32 Å². The van der Waals surface area contributed by atoms with E-state index in [1.807, 2.05) is 20.8 Å². The maximum absolute atomic E-state index is 13.1. The number of rotatable bonds is 11. The summed E-state index contributed by atoms with van der Waals surface area (Å²) in [5.41, 5.74) is -0.440. The lowest BCUT2D eigenvalue weighted by Gasteiger charge is -2.64. The van der Waals surface area contributed by atoms with Crippen molar-refractivity contribution in [2.75, 3.05) is 0 Å². The zero-order valence-electron chi connectivity index (χ0n) is 30.5. The van der Waals surface area contributed by atoms with Crippen LogP contribution < -0.4 is 0 Å². The fraction of sp³-hybridized carbons (Fsp3) is 0.969. The molecule has 3 aliphatic carbocycles. The molecule has 0 spiro atoms. The van der Waals surface area contributed by atoms with Crippen LogP contribution in [-0.2, 0) is 23.3 Å². The minimum Gasteiger partial charge on any atom is -0.460 e. The van der Waals surface area contributed by atoms with E-state index >= 15 is 0 Å². The molecule has 3 saturated carbocycles.